The molecule has 0 saturated heterocycles. The highest BCUT2D eigenvalue weighted by atomic mass is 35.5. The molecule has 6 heteroatoms. The molecule has 0 atom stereocenters. The third-order valence-corrected chi connectivity index (χ3v) is 4.15. The van der Waals surface area contributed by atoms with Crippen LogP contribution in [0.3, 0.4) is 0 Å². The third-order valence-electron chi connectivity index (χ3n) is 4.15. The van der Waals surface area contributed by atoms with E-state index >= 15 is 0 Å². The van der Waals surface area contributed by atoms with Crippen molar-refractivity contribution in [2.75, 3.05) is 30.4 Å². The van der Waals surface area contributed by atoms with E-state index in [1.165, 1.54) is 0 Å². The first-order chi connectivity index (χ1) is 12.2. The average molecular weight is 377 g/mol. The molecule has 0 saturated carbocycles. The van der Waals surface area contributed by atoms with E-state index in [-0.39, 0.29) is 18.3 Å². The Bertz CT molecular complexity index is 765. The van der Waals surface area contributed by atoms with Crippen molar-refractivity contribution in [3.05, 3.63) is 47.5 Å². The molecule has 140 valence electrons. The number of rotatable bonds is 6. The fraction of sp³-hybridized carbons (Fsp3) is 0.350. The maximum absolute atomic E-state index is 12.9. The van der Waals surface area contributed by atoms with Gasteiger partial charge in [0.05, 0.1) is 18.9 Å². The third kappa shape index (κ3) is 4.41. The lowest BCUT2D eigenvalue weighted by molar-refractivity contribution is 0.102. The summed E-state index contributed by atoms with van der Waals surface area (Å²) in [5.41, 5.74) is 3.45. The molecule has 26 heavy (non-hydrogen) atoms. The van der Waals surface area contributed by atoms with Crippen molar-refractivity contribution >= 4 is 29.7 Å². The zero-order valence-corrected chi connectivity index (χ0v) is 15.9. The average Bonchev–Trinajstić information content (AvgIpc) is 2.63. The number of halogens is 1. The number of ether oxygens (including phenoxy) is 2. The second-order valence-corrected chi connectivity index (χ2v) is 5.84. The van der Waals surface area contributed by atoms with Gasteiger partial charge in [-0.25, -0.2) is 0 Å². The van der Waals surface area contributed by atoms with Crippen LogP contribution in [-0.4, -0.2) is 25.7 Å². The second-order valence-electron chi connectivity index (χ2n) is 5.84. The summed E-state index contributed by atoms with van der Waals surface area (Å²) in [6.45, 7) is 5.89. The van der Waals surface area contributed by atoms with E-state index in [0.717, 1.165) is 30.6 Å². The number of carbonyl (C=O) groups excluding carboxylic acids is 1. The van der Waals surface area contributed by atoms with Gasteiger partial charge < -0.3 is 20.1 Å². The Morgan fingerprint density at radius 1 is 1.15 bits per heavy atom. The SMILES string of the molecule is CCOc1ccc(OCC)c(NC(=O)c2cccc3c2CCCN3)c1.Cl. The first-order valence-electron chi connectivity index (χ1n) is 8.79. The monoisotopic (exact) mass is 376 g/mol. The predicted octanol–water partition coefficient (Wildman–Crippen LogP) is 4.52. The van der Waals surface area contributed by atoms with Crippen molar-refractivity contribution in [3.8, 4) is 11.5 Å². The van der Waals surface area contributed by atoms with E-state index < -0.39 is 0 Å². The van der Waals surface area contributed by atoms with Gasteiger partial charge in [-0.1, -0.05) is 6.07 Å². The van der Waals surface area contributed by atoms with Crippen LogP contribution in [0.4, 0.5) is 11.4 Å². The highest BCUT2D eigenvalue weighted by Gasteiger charge is 2.18. The fourth-order valence-electron chi connectivity index (χ4n) is 3.06. The first kappa shape index (κ1) is 19.9. The standard InChI is InChI=1S/C20H24N2O3.ClH/c1-3-24-14-10-11-19(25-4-2)18(13-14)22-20(23)16-7-5-9-17-15(16)8-6-12-21-17;/h5,7,9-11,13,21H,3-4,6,8,12H2,1-2H3,(H,22,23);1H. The van der Waals surface area contributed by atoms with Crippen LogP contribution in [0.5, 0.6) is 11.5 Å². The van der Waals surface area contributed by atoms with Gasteiger partial charge in [0.1, 0.15) is 11.5 Å². The van der Waals surface area contributed by atoms with Crippen LogP contribution in [0.1, 0.15) is 36.2 Å². The molecule has 0 fully saturated rings. The van der Waals surface area contributed by atoms with E-state index in [9.17, 15) is 4.79 Å². The number of anilines is 2. The molecule has 0 radical (unpaired) electrons. The lowest BCUT2D eigenvalue weighted by atomic mass is 9.97. The summed E-state index contributed by atoms with van der Waals surface area (Å²) in [5, 5.41) is 6.34. The van der Waals surface area contributed by atoms with Crippen molar-refractivity contribution in [2.24, 2.45) is 0 Å². The Morgan fingerprint density at radius 3 is 2.73 bits per heavy atom. The summed E-state index contributed by atoms with van der Waals surface area (Å²) in [6, 6.07) is 11.3. The Balaban J connectivity index is 0.00000243. The molecule has 1 aliphatic heterocycles. The van der Waals surface area contributed by atoms with Crippen LogP contribution in [0.25, 0.3) is 0 Å². The van der Waals surface area contributed by atoms with Crippen LogP contribution in [0, 0.1) is 0 Å². The Morgan fingerprint density at radius 2 is 1.96 bits per heavy atom. The first-order valence-corrected chi connectivity index (χ1v) is 8.79. The molecule has 3 rings (SSSR count). The van der Waals surface area contributed by atoms with Gasteiger partial charge in [0.25, 0.3) is 5.91 Å². The number of hydrogen-bond acceptors (Lipinski definition) is 4. The van der Waals surface area contributed by atoms with Gasteiger partial charge in [0.2, 0.25) is 0 Å². The lowest BCUT2D eigenvalue weighted by Gasteiger charge is -2.21. The summed E-state index contributed by atoms with van der Waals surface area (Å²) in [5.74, 6) is 1.22. The number of amides is 1. The number of carbonyl (C=O) groups is 1. The molecule has 2 aromatic rings. The Labute approximate surface area is 160 Å². The molecule has 0 unspecified atom stereocenters. The van der Waals surface area contributed by atoms with Crippen molar-refractivity contribution < 1.29 is 14.3 Å². The van der Waals surface area contributed by atoms with Crippen molar-refractivity contribution in [3.63, 3.8) is 0 Å². The molecular formula is C20H25ClN2O3. The molecule has 1 aliphatic rings. The Kier molecular flexibility index (Phi) is 7.16. The molecule has 0 aliphatic carbocycles. The normalized spacial score (nSPS) is 12.2. The van der Waals surface area contributed by atoms with Crippen LogP contribution in [-0.2, 0) is 6.42 Å². The molecule has 2 N–H and O–H groups in total. The maximum Gasteiger partial charge on any atom is 0.256 e. The van der Waals surface area contributed by atoms with E-state index in [2.05, 4.69) is 10.6 Å². The number of hydrogen-bond donors (Lipinski definition) is 2. The van der Waals surface area contributed by atoms with E-state index in [1.54, 1.807) is 6.07 Å². The second kappa shape index (κ2) is 9.34. The summed E-state index contributed by atoms with van der Waals surface area (Å²) in [4.78, 5) is 12.9. The largest absolute Gasteiger partial charge is 0.494 e. The molecule has 0 aromatic heterocycles. The molecule has 0 bridgehead atoms. The smallest absolute Gasteiger partial charge is 0.256 e. The van der Waals surface area contributed by atoms with Crippen LogP contribution >= 0.6 is 12.4 Å². The minimum Gasteiger partial charge on any atom is -0.494 e. The lowest BCUT2D eigenvalue weighted by Crippen LogP contribution is -2.19. The highest BCUT2D eigenvalue weighted by molar-refractivity contribution is 6.07. The van der Waals surface area contributed by atoms with Gasteiger partial charge in [-0.15, -0.1) is 12.4 Å². The summed E-state index contributed by atoms with van der Waals surface area (Å²) in [7, 11) is 0. The minimum absolute atomic E-state index is 0. The molecule has 1 heterocycles. The number of benzene rings is 2. The van der Waals surface area contributed by atoms with Gasteiger partial charge in [0, 0.05) is 23.9 Å². The van der Waals surface area contributed by atoms with E-state index in [0.29, 0.717) is 36.0 Å². The predicted molar refractivity (Wildman–Crippen MR) is 107 cm³/mol. The Hall–Kier alpha value is -2.40. The highest BCUT2D eigenvalue weighted by Crippen LogP contribution is 2.31. The van der Waals surface area contributed by atoms with Gasteiger partial charge in [0.15, 0.2) is 0 Å². The zero-order chi connectivity index (χ0) is 17.6. The fourth-order valence-corrected chi connectivity index (χ4v) is 3.06. The number of fused-ring (bicyclic) bond motifs is 1. The van der Waals surface area contributed by atoms with E-state index in [1.807, 2.05) is 44.2 Å². The van der Waals surface area contributed by atoms with Crippen molar-refractivity contribution in [1.82, 2.24) is 0 Å². The molecule has 1 amide bonds. The van der Waals surface area contributed by atoms with Gasteiger partial charge in [-0.2, -0.15) is 0 Å². The summed E-state index contributed by atoms with van der Waals surface area (Å²) in [6.07, 6.45) is 1.94. The molecule has 0 spiro atoms. The van der Waals surface area contributed by atoms with Crippen LogP contribution in [0.2, 0.25) is 0 Å². The summed E-state index contributed by atoms with van der Waals surface area (Å²) < 4.78 is 11.2. The minimum atomic E-state index is -0.129. The van der Waals surface area contributed by atoms with Crippen LogP contribution in [0.15, 0.2) is 36.4 Å². The topological polar surface area (TPSA) is 59.6 Å². The van der Waals surface area contributed by atoms with Gasteiger partial charge in [-0.05, 0) is 56.5 Å². The maximum atomic E-state index is 12.9. The number of nitrogens with one attached hydrogen (secondary N) is 2. The molecule has 2 aromatic carbocycles. The molecule has 5 nitrogen and oxygen atoms in total. The van der Waals surface area contributed by atoms with Crippen molar-refractivity contribution in [2.45, 2.75) is 26.7 Å². The zero-order valence-electron chi connectivity index (χ0n) is 15.1. The summed E-state index contributed by atoms with van der Waals surface area (Å²) >= 11 is 0. The molecular weight excluding hydrogens is 352 g/mol. The quantitative estimate of drug-likeness (QED) is 0.778. The van der Waals surface area contributed by atoms with Gasteiger partial charge >= 0.3 is 0 Å². The van der Waals surface area contributed by atoms with Gasteiger partial charge in [-0.3, -0.25) is 4.79 Å². The van der Waals surface area contributed by atoms with E-state index in [4.69, 9.17) is 9.47 Å². The van der Waals surface area contributed by atoms with Crippen LogP contribution < -0.4 is 20.1 Å². The van der Waals surface area contributed by atoms with Crippen molar-refractivity contribution in [1.29, 1.82) is 0 Å².